The quantitative estimate of drug-likeness (QED) is 0.409. The van der Waals surface area contributed by atoms with Gasteiger partial charge < -0.3 is 29.0 Å². The van der Waals surface area contributed by atoms with Crippen LogP contribution in [0, 0.1) is 0 Å². The number of carbonyl (C=O) groups excluding carboxylic acids is 3. The molecule has 2 bridgehead atoms. The van der Waals surface area contributed by atoms with Gasteiger partial charge in [0.25, 0.3) is 0 Å². The summed E-state index contributed by atoms with van der Waals surface area (Å²) < 4.78 is 21.7. The molecule has 1 amide bonds. The van der Waals surface area contributed by atoms with E-state index in [9.17, 15) is 19.5 Å². The molecule has 1 aromatic carbocycles. The summed E-state index contributed by atoms with van der Waals surface area (Å²) >= 11 is 0. The maximum Gasteiger partial charge on any atom is 0.514 e. The number of aliphatic hydroxyl groups is 1. The fourth-order valence-electron chi connectivity index (χ4n) is 6.07. The predicted molar refractivity (Wildman–Crippen MR) is 114 cm³/mol. The molecule has 2 aliphatic heterocycles. The first kappa shape index (κ1) is 21.5. The minimum Gasteiger partial charge on any atom is -0.477 e. The Labute approximate surface area is 190 Å². The van der Waals surface area contributed by atoms with Gasteiger partial charge in [0.15, 0.2) is 23.4 Å². The van der Waals surface area contributed by atoms with E-state index in [1.165, 1.54) is 12.2 Å². The van der Waals surface area contributed by atoms with Crippen LogP contribution >= 0.6 is 0 Å². The Morgan fingerprint density at radius 1 is 1.21 bits per heavy atom. The number of Topliss-reactive ketones (excluding diaryl/α,β-unsaturated/α-hetero) is 1. The first-order valence-electron chi connectivity index (χ1n) is 10.9. The molecule has 1 aromatic rings. The van der Waals surface area contributed by atoms with E-state index in [-0.39, 0.29) is 43.3 Å². The van der Waals surface area contributed by atoms with Crippen molar-refractivity contribution in [1.29, 1.82) is 0 Å². The van der Waals surface area contributed by atoms with Gasteiger partial charge >= 0.3 is 12.2 Å². The molecule has 9 nitrogen and oxygen atoms in total. The average molecular weight is 455 g/mol. The van der Waals surface area contributed by atoms with Crippen molar-refractivity contribution >= 4 is 18.0 Å². The molecule has 0 radical (unpaired) electrons. The molecule has 2 aliphatic carbocycles. The first-order chi connectivity index (χ1) is 15.9. The molecule has 5 rings (SSSR count). The van der Waals surface area contributed by atoms with Crippen LogP contribution in [-0.2, 0) is 26.1 Å². The topological polar surface area (TPSA) is 112 Å². The molecule has 0 unspecified atom stereocenters. The van der Waals surface area contributed by atoms with Gasteiger partial charge in [0, 0.05) is 18.5 Å². The van der Waals surface area contributed by atoms with Crippen molar-refractivity contribution in [3.8, 4) is 11.5 Å². The van der Waals surface area contributed by atoms with Gasteiger partial charge in [0.2, 0.25) is 0 Å². The van der Waals surface area contributed by atoms with Gasteiger partial charge in [-0.25, -0.2) is 9.59 Å². The Balaban J connectivity index is 1.59. The van der Waals surface area contributed by atoms with E-state index >= 15 is 0 Å². The molecule has 174 valence electrons. The highest BCUT2D eigenvalue weighted by molar-refractivity contribution is 5.90. The van der Waals surface area contributed by atoms with Crippen LogP contribution in [-0.4, -0.2) is 65.5 Å². The lowest BCUT2D eigenvalue weighted by Gasteiger charge is -2.61. The Hall–Kier alpha value is -3.33. The monoisotopic (exact) mass is 455 g/mol. The lowest BCUT2D eigenvalue weighted by atomic mass is 9.49. The fraction of sp³-hybridized carbons (Fsp3) is 0.458. The van der Waals surface area contributed by atoms with Gasteiger partial charge in [-0.1, -0.05) is 31.4 Å². The molecule has 1 spiro atoms. The zero-order chi connectivity index (χ0) is 23.4. The largest absolute Gasteiger partial charge is 0.514 e. The number of rotatable bonds is 5. The second-order valence-electron chi connectivity index (χ2n) is 8.77. The van der Waals surface area contributed by atoms with Crippen LogP contribution in [0.1, 0.15) is 30.4 Å². The smallest absolute Gasteiger partial charge is 0.477 e. The summed E-state index contributed by atoms with van der Waals surface area (Å²) in [6.07, 6.45) is 1.53. The van der Waals surface area contributed by atoms with Crippen molar-refractivity contribution < 1.29 is 38.4 Å². The highest BCUT2D eigenvalue weighted by Gasteiger charge is 2.73. The van der Waals surface area contributed by atoms with Gasteiger partial charge in [-0.3, -0.25) is 4.79 Å². The average Bonchev–Trinajstić information content (AvgIpc) is 3.15. The van der Waals surface area contributed by atoms with Crippen molar-refractivity contribution in [2.75, 3.05) is 19.8 Å². The third-order valence-corrected chi connectivity index (χ3v) is 7.31. The number of piperidine rings is 1. The van der Waals surface area contributed by atoms with Crippen molar-refractivity contribution in [2.45, 2.75) is 48.8 Å². The summed E-state index contributed by atoms with van der Waals surface area (Å²) in [4.78, 5) is 39.4. The van der Waals surface area contributed by atoms with E-state index in [4.69, 9.17) is 18.9 Å². The van der Waals surface area contributed by atoms with E-state index < -0.39 is 35.4 Å². The molecule has 0 aromatic heterocycles. The van der Waals surface area contributed by atoms with E-state index in [1.54, 1.807) is 17.0 Å². The number of hydrogen-bond donors (Lipinski definition) is 1. The molecular formula is C24H25NO8. The Kier molecular flexibility index (Phi) is 4.97. The minimum absolute atomic E-state index is 0.00969. The molecule has 2 heterocycles. The van der Waals surface area contributed by atoms with Crippen molar-refractivity contribution in [2.24, 2.45) is 0 Å². The number of carbonyl (C=O) groups is 3. The van der Waals surface area contributed by atoms with E-state index in [0.29, 0.717) is 24.9 Å². The van der Waals surface area contributed by atoms with Crippen LogP contribution in [0.15, 0.2) is 37.4 Å². The minimum atomic E-state index is -1.39. The van der Waals surface area contributed by atoms with Crippen molar-refractivity contribution in [1.82, 2.24) is 4.90 Å². The van der Waals surface area contributed by atoms with E-state index in [0.717, 1.165) is 5.56 Å². The molecule has 2 fully saturated rings. The molecule has 1 saturated heterocycles. The van der Waals surface area contributed by atoms with Crippen LogP contribution < -0.4 is 9.47 Å². The van der Waals surface area contributed by atoms with Gasteiger partial charge in [0.1, 0.15) is 13.2 Å². The highest BCUT2D eigenvalue weighted by atomic mass is 16.7. The lowest BCUT2D eigenvalue weighted by molar-refractivity contribution is -0.183. The number of likely N-dealkylation sites (tertiary alicyclic amines) is 1. The van der Waals surface area contributed by atoms with Crippen molar-refractivity contribution in [3.63, 3.8) is 0 Å². The van der Waals surface area contributed by atoms with Crippen LogP contribution in [0.2, 0.25) is 0 Å². The van der Waals surface area contributed by atoms with Gasteiger partial charge in [-0.15, -0.1) is 0 Å². The summed E-state index contributed by atoms with van der Waals surface area (Å²) in [5.41, 5.74) is -0.899. The number of amides is 1. The highest BCUT2D eigenvalue weighted by Crippen LogP contribution is 2.64. The SMILES string of the molecule is C=CCOC(=O)Oc1ccc2c3c1O[C@H]1C(=O)CC[C@@]4(O)[C@@H](C2)N(C(=O)OCC=C)CC[C@]314. The fourth-order valence-corrected chi connectivity index (χ4v) is 6.07. The molecule has 1 saturated carbocycles. The zero-order valence-corrected chi connectivity index (χ0v) is 18.1. The number of hydrogen-bond acceptors (Lipinski definition) is 8. The third-order valence-electron chi connectivity index (χ3n) is 7.31. The molecule has 9 heteroatoms. The van der Waals surface area contributed by atoms with Crippen LogP contribution in [0.25, 0.3) is 0 Å². The number of ketones is 1. The molecular weight excluding hydrogens is 430 g/mol. The van der Waals surface area contributed by atoms with Gasteiger partial charge in [0.05, 0.1) is 17.1 Å². The maximum atomic E-state index is 13.0. The van der Waals surface area contributed by atoms with E-state index in [1.807, 2.05) is 0 Å². The Morgan fingerprint density at radius 2 is 1.97 bits per heavy atom. The third kappa shape index (κ3) is 2.84. The number of nitrogens with zero attached hydrogens (tertiary/aromatic N) is 1. The maximum absolute atomic E-state index is 13.0. The molecule has 4 atom stereocenters. The molecule has 33 heavy (non-hydrogen) atoms. The van der Waals surface area contributed by atoms with Crippen molar-refractivity contribution in [3.05, 3.63) is 48.6 Å². The standard InChI is InChI=1S/C24H25NO8/c1-3-11-30-21(27)25-10-9-23-18-14-5-6-16(32-22(28)31-12-4-2)19(18)33-20(23)15(26)7-8-24(23,29)17(25)13-14/h3-6,17,20,29H,1-2,7-13H2/t17-,20+,23+,24-/m1/s1. The van der Waals surface area contributed by atoms with E-state index in [2.05, 4.69) is 13.2 Å². The molecule has 1 N–H and O–H groups in total. The van der Waals surface area contributed by atoms with Gasteiger partial charge in [-0.2, -0.15) is 0 Å². The first-order valence-corrected chi connectivity index (χ1v) is 10.9. The lowest BCUT2D eigenvalue weighted by Crippen LogP contribution is -2.77. The summed E-state index contributed by atoms with van der Waals surface area (Å²) in [7, 11) is 0. The number of benzene rings is 1. The zero-order valence-electron chi connectivity index (χ0n) is 18.1. The van der Waals surface area contributed by atoms with Crippen LogP contribution in [0.4, 0.5) is 9.59 Å². The van der Waals surface area contributed by atoms with Gasteiger partial charge in [-0.05, 0) is 30.9 Å². The van der Waals surface area contributed by atoms with Crippen LogP contribution in [0.5, 0.6) is 11.5 Å². The second-order valence-corrected chi connectivity index (χ2v) is 8.77. The Bertz CT molecular complexity index is 1070. The number of ether oxygens (including phenoxy) is 4. The molecule has 4 aliphatic rings. The summed E-state index contributed by atoms with van der Waals surface area (Å²) in [6.45, 7) is 7.42. The van der Waals surface area contributed by atoms with Crippen LogP contribution in [0.3, 0.4) is 0 Å². The predicted octanol–water partition coefficient (Wildman–Crippen LogP) is 2.43. The summed E-state index contributed by atoms with van der Waals surface area (Å²) in [6, 6.07) is 2.79. The second kappa shape index (κ2) is 7.62. The summed E-state index contributed by atoms with van der Waals surface area (Å²) in [5, 5.41) is 12.1. The Morgan fingerprint density at radius 3 is 2.73 bits per heavy atom. The normalized spacial score (nSPS) is 30.6. The summed E-state index contributed by atoms with van der Waals surface area (Å²) in [5.74, 6) is 0.293.